The average Bonchev–Trinajstić information content (AvgIpc) is 2.67. The van der Waals surface area contributed by atoms with Gasteiger partial charge in [0, 0.05) is 6.54 Å². The van der Waals surface area contributed by atoms with E-state index in [1.807, 2.05) is 37.3 Å². The number of aryl methyl sites for hydroxylation is 1. The second-order valence-corrected chi connectivity index (χ2v) is 8.54. The molecule has 4 heteroatoms. The van der Waals surface area contributed by atoms with Gasteiger partial charge in [-0.25, -0.2) is 8.42 Å². The van der Waals surface area contributed by atoms with Crippen LogP contribution in [0.5, 0.6) is 0 Å². The molecule has 0 N–H and O–H groups in total. The fourth-order valence-electron chi connectivity index (χ4n) is 3.47. The van der Waals surface area contributed by atoms with Gasteiger partial charge in [0.25, 0.3) is 0 Å². The molecule has 0 saturated carbocycles. The van der Waals surface area contributed by atoms with E-state index in [0.717, 1.165) is 36.0 Å². The number of hydrogen-bond donors (Lipinski definition) is 0. The van der Waals surface area contributed by atoms with Gasteiger partial charge in [-0.2, -0.15) is 4.31 Å². The molecule has 3 rings (SSSR count). The Morgan fingerprint density at radius 2 is 1.81 bits per heavy atom. The molecule has 0 aliphatic heterocycles. The lowest BCUT2D eigenvalue weighted by Crippen LogP contribution is -2.42. The number of rotatable bonds is 6. The molecule has 26 heavy (non-hydrogen) atoms. The van der Waals surface area contributed by atoms with Gasteiger partial charge in [0.1, 0.15) is 0 Å². The van der Waals surface area contributed by atoms with E-state index in [1.54, 1.807) is 22.5 Å². The maximum Gasteiger partial charge on any atom is 0.243 e. The Balaban J connectivity index is 2.03. The van der Waals surface area contributed by atoms with E-state index in [2.05, 4.69) is 24.8 Å². The molecule has 0 saturated heterocycles. The zero-order valence-electron chi connectivity index (χ0n) is 15.1. The third-order valence-corrected chi connectivity index (χ3v) is 6.69. The van der Waals surface area contributed by atoms with Crippen molar-refractivity contribution in [2.24, 2.45) is 0 Å². The van der Waals surface area contributed by atoms with Crippen LogP contribution in [0.4, 0.5) is 0 Å². The van der Waals surface area contributed by atoms with E-state index >= 15 is 0 Å². The summed E-state index contributed by atoms with van der Waals surface area (Å²) in [6.07, 6.45) is 6.64. The van der Waals surface area contributed by atoms with Crippen molar-refractivity contribution in [3.63, 3.8) is 0 Å². The molecule has 0 heterocycles. The second kappa shape index (κ2) is 8.02. The van der Waals surface area contributed by atoms with E-state index in [0.29, 0.717) is 11.4 Å². The molecular formula is C22H25NO2S. The number of nitrogens with zero attached hydrogens (tertiary/aromatic N) is 1. The lowest BCUT2D eigenvalue weighted by Gasteiger charge is -2.34. The van der Waals surface area contributed by atoms with Crippen LogP contribution in [-0.4, -0.2) is 25.3 Å². The van der Waals surface area contributed by atoms with Crippen LogP contribution >= 0.6 is 0 Å². The SMILES string of the molecule is C=CCN([C@H]1CCCC=C1c1ccccc1)S(=O)(=O)c1ccc(C)cc1. The van der Waals surface area contributed by atoms with Gasteiger partial charge in [-0.3, -0.25) is 0 Å². The first-order chi connectivity index (χ1) is 12.5. The van der Waals surface area contributed by atoms with Crippen molar-refractivity contribution < 1.29 is 8.42 Å². The maximum absolute atomic E-state index is 13.4. The molecule has 0 bridgehead atoms. The summed E-state index contributed by atoms with van der Waals surface area (Å²) in [5.74, 6) is 0. The van der Waals surface area contributed by atoms with E-state index in [1.165, 1.54) is 0 Å². The topological polar surface area (TPSA) is 37.4 Å². The van der Waals surface area contributed by atoms with Crippen molar-refractivity contribution >= 4 is 15.6 Å². The second-order valence-electron chi connectivity index (χ2n) is 6.65. The van der Waals surface area contributed by atoms with Crippen molar-refractivity contribution in [3.05, 3.63) is 84.5 Å². The summed E-state index contributed by atoms with van der Waals surface area (Å²) in [6, 6.07) is 17.0. The quantitative estimate of drug-likeness (QED) is 0.687. The molecule has 0 amide bonds. The number of sulfonamides is 1. The molecule has 1 atom stereocenters. The highest BCUT2D eigenvalue weighted by Gasteiger charge is 2.34. The summed E-state index contributed by atoms with van der Waals surface area (Å²) >= 11 is 0. The Morgan fingerprint density at radius 3 is 2.46 bits per heavy atom. The van der Waals surface area contributed by atoms with Gasteiger partial charge in [0.2, 0.25) is 10.0 Å². The van der Waals surface area contributed by atoms with Crippen LogP contribution in [0.1, 0.15) is 30.4 Å². The van der Waals surface area contributed by atoms with Crippen molar-refractivity contribution in [2.45, 2.75) is 37.1 Å². The minimum atomic E-state index is -3.60. The number of allylic oxidation sites excluding steroid dienone is 1. The summed E-state index contributed by atoms with van der Waals surface area (Å²) in [4.78, 5) is 0.336. The van der Waals surface area contributed by atoms with Crippen molar-refractivity contribution in [3.8, 4) is 0 Å². The zero-order valence-corrected chi connectivity index (χ0v) is 16.0. The predicted octanol–water partition coefficient (Wildman–Crippen LogP) is 4.81. The Morgan fingerprint density at radius 1 is 1.12 bits per heavy atom. The molecule has 0 aromatic heterocycles. The molecule has 3 nitrogen and oxygen atoms in total. The van der Waals surface area contributed by atoms with E-state index in [-0.39, 0.29) is 6.04 Å². The number of benzene rings is 2. The van der Waals surface area contributed by atoms with Gasteiger partial charge in [-0.05, 0) is 49.5 Å². The first-order valence-corrected chi connectivity index (χ1v) is 10.4. The minimum absolute atomic E-state index is 0.171. The van der Waals surface area contributed by atoms with Gasteiger partial charge in [0.05, 0.1) is 10.9 Å². The minimum Gasteiger partial charge on any atom is -0.207 e. The molecule has 0 radical (unpaired) electrons. The summed E-state index contributed by atoms with van der Waals surface area (Å²) in [6.45, 7) is 6.04. The van der Waals surface area contributed by atoms with Gasteiger partial charge >= 0.3 is 0 Å². The maximum atomic E-state index is 13.4. The van der Waals surface area contributed by atoms with Gasteiger partial charge < -0.3 is 0 Å². The fraction of sp³-hybridized carbons (Fsp3) is 0.273. The zero-order chi connectivity index (χ0) is 18.6. The monoisotopic (exact) mass is 367 g/mol. The molecule has 2 aromatic carbocycles. The molecule has 0 fully saturated rings. The van der Waals surface area contributed by atoms with Crippen molar-refractivity contribution in [1.29, 1.82) is 0 Å². The van der Waals surface area contributed by atoms with Gasteiger partial charge in [0.15, 0.2) is 0 Å². The Labute approximate surface area is 156 Å². The van der Waals surface area contributed by atoms with E-state index < -0.39 is 10.0 Å². The summed E-state index contributed by atoms with van der Waals surface area (Å²) in [5, 5.41) is 0. The highest BCUT2D eigenvalue weighted by Crippen LogP contribution is 2.34. The van der Waals surface area contributed by atoms with Crippen LogP contribution in [0.3, 0.4) is 0 Å². The predicted molar refractivity (Wildman–Crippen MR) is 107 cm³/mol. The van der Waals surface area contributed by atoms with Crippen LogP contribution in [0.25, 0.3) is 5.57 Å². The highest BCUT2D eigenvalue weighted by atomic mass is 32.2. The van der Waals surface area contributed by atoms with Crippen molar-refractivity contribution in [1.82, 2.24) is 4.31 Å². The smallest absolute Gasteiger partial charge is 0.207 e. The molecule has 1 aliphatic rings. The Hall–Kier alpha value is -2.17. The average molecular weight is 368 g/mol. The third-order valence-electron chi connectivity index (χ3n) is 4.80. The highest BCUT2D eigenvalue weighted by molar-refractivity contribution is 7.89. The normalized spacial score (nSPS) is 17.8. The molecule has 2 aromatic rings. The largest absolute Gasteiger partial charge is 0.243 e. The van der Waals surface area contributed by atoms with E-state index in [9.17, 15) is 8.42 Å². The van der Waals surface area contributed by atoms with Crippen LogP contribution in [0.15, 0.2) is 78.2 Å². The molecule has 0 spiro atoms. The van der Waals surface area contributed by atoms with Gasteiger partial charge in [-0.15, -0.1) is 6.58 Å². The number of hydrogen-bond acceptors (Lipinski definition) is 2. The molecule has 0 unspecified atom stereocenters. The Kier molecular flexibility index (Phi) is 5.74. The molecule has 1 aliphatic carbocycles. The van der Waals surface area contributed by atoms with Crippen molar-refractivity contribution in [2.75, 3.05) is 6.54 Å². The fourth-order valence-corrected chi connectivity index (χ4v) is 5.07. The standard InChI is InChI=1S/C22H25NO2S/c1-3-17-23(26(24,25)20-15-13-18(2)14-16-20)22-12-8-7-11-21(22)19-9-5-4-6-10-19/h3-6,9-11,13-16,22H,1,7-8,12,17H2,2H3/t22-/m0/s1. The summed E-state index contributed by atoms with van der Waals surface area (Å²) < 4.78 is 28.3. The summed E-state index contributed by atoms with van der Waals surface area (Å²) in [7, 11) is -3.60. The third kappa shape index (κ3) is 3.81. The van der Waals surface area contributed by atoms with Crippen LogP contribution in [0, 0.1) is 6.92 Å². The molecule has 136 valence electrons. The van der Waals surface area contributed by atoms with E-state index in [4.69, 9.17) is 0 Å². The first-order valence-electron chi connectivity index (χ1n) is 8.99. The van der Waals surface area contributed by atoms with Crippen LogP contribution in [0.2, 0.25) is 0 Å². The van der Waals surface area contributed by atoms with Crippen LogP contribution in [-0.2, 0) is 10.0 Å². The lowest BCUT2D eigenvalue weighted by atomic mass is 9.89. The van der Waals surface area contributed by atoms with Crippen LogP contribution < -0.4 is 0 Å². The Bertz CT molecular complexity index is 883. The van der Waals surface area contributed by atoms with Gasteiger partial charge in [-0.1, -0.05) is 60.2 Å². The first kappa shape index (κ1) is 18.6. The summed E-state index contributed by atoms with van der Waals surface area (Å²) in [5.41, 5.74) is 3.22. The molecular weight excluding hydrogens is 342 g/mol. The lowest BCUT2D eigenvalue weighted by molar-refractivity contribution is 0.370.